The number of nitrogens with one attached hydrogen (secondary N) is 2. The van der Waals surface area contributed by atoms with E-state index in [1.807, 2.05) is 18.3 Å². The largest absolute Gasteiger partial charge is 0.378 e. The summed E-state index contributed by atoms with van der Waals surface area (Å²) in [6.07, 6.45) is 5.37. The zero-order valence-corrected chi connectivity index (χ0v) is 11.1. The minimum atomic E-state index is -0.0814. The number of carbonyl (C=O) groups is 1. The Hall–Kier alpha value is -1.88. The molecule has 2 aromatic rings. The number of nitrogens with zero attached hydrogens (tertiary/aromatic N) is 1. The molecule has 1 saturated carbocycles. The van der Waals surface area contributed by atoms with Crippen molar-refractivity contribution in [3.8, 4) is 0 Å². The predicted molar refractivity (Wildman–Crippen MR) is 74.4 cm³/mol. The number of carbonyl (C=O) groups excluding carboxylic acids is 1. The fraction of sp³-hybridized carbons (Fsp3) is 0.467. The van der Waals surface area contributed by atoms with Crippen molar-refractivity contribution >= 4 is 16.9 Å². The van der Waals surface area contributed by atoms with Gasteiger partial charge in [0.05, 0.1) is 17.1 Å². The van der Waals surface area contributed by atoms with Gasteiger partial charge in [0.1, 0.15) is 5.69 Å². The number of fused-ring (bicyclic) bond motifs is 2. The van der Waals surface area contributed by atoms with Crippen molar-refractivity contribution in [3.63, 3.8) is 0 Å². The second kappa shape index (κ2) is 4.59. The number of aromatic nitrogens is 2. The van der Waals surface area contributed by atoms with Crippen LogP contribution in [-0.4, -0.2) is 34.6 Å². The van der Waals surface area contributed by atoms with E-state index in [1.54, 1.807) is 6.07 Å². The first-order chi connectivity index (χ1) is 9.81. The lowest BCUT2D eigenvalue weighted by molar-refractivity contribution is -0.100. The van der Waals surface area contributed by atoms with Crippen LogP contribution < -0.4 is 5.32 Å². The molecule has 20 heavy (non-hydrogen) atoms. The zero-order valence-electron chi connectivity index (χ0n) is 11.1. The Labute approximate surface area is 116 Å². The molecule has 1 aliphatic heterocycles. The number of hydrogen-bond donors (Lipinski definition) is 2. The molecule has 104 valence electrons. The molecule has 0 spiro atoms. The van der Waals surface area contributed by atoms with E-state index in [9.17, 15) is 4.79 Å². The molecule has 0 unspecified atom stereocenters. The van der Waals surface area contributed by atoms with E-state index in [4.69, 9.17) is 4.74 Å². The standard InChI is InChI=1S/C15H17N3O2/c19-15(12-4-3-10-11(17-12)5-6-16-10)18-13-8-14-9(13)2-1-7-20-14/h3-6,9,13-14,16H,1-2,7-8H2,(H,18,19)/t9-,13-,14+/m1/s1. The highest BCUT2D eigenvalue weighted by atomic mass is 16.5. The first-order valence-corrected chi connectivity index (χ1v) is 7.18. The number of rotatable bonds is 2. The summed E-state index contributed by atoms with van der Waals surface area (Å²) in [4.78, 5) is 19.7. The van der Waals surface area contributed by atoms with Crippen LogP contribution in [0.15, 0.2) is 24.4 Å². The van der Waals surface area contributed by atoms with Gasteiger partial charge in [-0.25, -0.2) is 4.98 Å². The minimum absolute atomic E-state index is 0.0814. The maximum absolute atomic E-state index is 12.3. The fourth-order valence-electron chi connectivity index (χ4n) is 3.26. The van der Waals surface area contributed by atoms with Crippen LogP contribution in [0.3, 0.4) is 0 Å². The summed E-state index contributed by atoms with van der Waals surface area (Å²) in [5, 5.41) is 3.10. The lowest BCUT2D eigenvalue weighted by atomic mass is 9.72. The van der Waals surface area contributed by atoms with Crippen molar-refractivity contribution in [2.75, 3.05) is 6.61 Å². The average molecular weight is 271 g/mol. The third kappa shape index (κ3) is 1.89. The molecule has 5 nitrogen and oxygen atoms in total. The fourth-order valence-corrected chi connectivity index (χ4v) is 3.26. The number of H-pyrrole nitrogens is 1. The number of ether oxygens (including phenoxy) is 1. The van der Waals surface area contributed by atoms with E-state index < -0.39 is 0 Å². The van der Waals surface area contributed by atoms with Gasteiger partial charge in [-0.15, -0.1) is 0 Å². The smallest absolute Gasteiger partial charge is 0.270 e. The topological polar surface area (TPSA) is 67.0 Å². The quantitative estimate of drug-likeness (QED) is 0.876. The summed E-state index contributed by atoms with van der Waals surface area (Å²) in [5.41, 5.74) is 2.26. The van der Waals surface area contributed by atoms with Crippen LogP contribution in [0.2, 0.25) is 0 Å². The summed E-state index contributed by atoms with van der Waals surface area (Å²) in [7, 11) is 0. The van der Waals surface area contributed by atoms with Crippen LogP contribution in [-0.2, 0) is 4.74 Å². The maximum atomic E-state index is 12.3. The molecule has 3 atom stereocenters. The third-order valence-corrected chi connectivity index (χ3v) is 4.45. The van der Waals surface area contributed by atoms with Crippen LogP contribution in [0, 0.1) is 5.92 Å². The van der Waals surface area contributed by atoms with Crippen molar-refractivity contribution in [2.45, 2.75) is 31.4 Å². The Balaban J connectivity index is 1.47. The van der Waals surface area contributed by atoms with Gasteiger partial charge in [0.25, 0.3) is 5.91 Å². The molecule has 0 aromatic carbocycles. The van der Waals surface area contributed by atoms with Gasteiger partial charge >= 0.3 is 0 Å². The Morgan fingerprint density at radius 2 is 2.35 bits per heavy atom. The second-order valence-electron chi connectivity index (χ2n) is 5.64. The number of amides is 1. The number of hydrogen-bond acceptors (Lipinski definition) is 3. The predicted octanol–water partition coefficient (Wildman–Crippen LogP) is 1.86. The normalized spacial score (nSPS) is 28.7. The Kier molecular flexibility index (Phi) is 2.73. The lowest BCUT2D eigenvalue weighted by Crippen LogP contribution is -2.57. The second-order valence-corrected chi connectivity index (χ2v) is 5.64. The minimum Gasteiger partial charge on any atom is -0.378 e. The number of aromatic amines is 1. The molecule has 5 heteroatoms. The van der Waals surface area contributed by atoms with Crippen LogP contribution >= 0.6 is 0 Å². The summed E-state index contributed by atoms with van der Waals surface area (Å²) >= 11 is 0. The molecule has 2 N–H and O–H groups in total. The van der Waals surface area contributed by atoms with E-state index >= 15 is 0 Å². The average Bonchev–Trinajstić information content (AvgIpc) is 2.92. The van der Waals surface area contributed by atoms with Crippen molar-refractivity contribution < 1.29 is 9.53 Å². The molecule has 1 aliphatic carbocycles. The molecular formula is C15H17N3O2. The zero-order chi connectivity index (χ0) is 13.5. The van der Waals surface area contributed by atoms with Gasteiger partial charge in [-0.3, -0.25) is 4.79 Å². The molecule has 1 saturated heterocycles. The third-order valence-electron chi connectivity index (χ3n) is 4.45. The van der Waals surface area contributed by atoms with E-state index in [1.165, 1.54) is 0 Å². The summed E-state index contributed by atoms with van der Waals surface area (Å²) < 4.78 is 5.67. The summed E-state index contributed by atoms with van der Waals surface area (Å²) in [5.74, 6) is 0.408. The van der Waals surface area contributed by atoms with Crippen LogP contribution in [0.4, 0.5) is 0 Å². The van der Waals surface area contributed by atoms with E-state index in [2.05, 4.69) is 15.3 Å². The van der Waals surface area contributed by atoms with Crippen LogP contribution in [0.5, 0.6) is 0 Å². The van der Waals surface area contributed by atoms with Crippen molar-refractivity contribution in [2.24, 2.45) is 5.92 Å². The first kappa shape index (κ1) is 11.9. The molecule has 2 fully saturated rings. The molecule has 0 bridgehead atoms. The molecule has 2 aromatic heterocycles. The molecule has 3 heterocycles. The van der Waals surface area contributed by atoms with Gasteiger partial charge in [0.15, 0.2) is 0 Å². The van der Waals surface area contributed by atoms with Gasteiger partial charge in [0, 0.05) is 24.8 Å². The molecule has 2 aliphatic rings. The first-order valence-electron chi connectivity index (χ1n) is 7.18. The highest BCUT2D eigenvalue weighted by molar-refractivity contribution is 5.94. The van der Waals surface area contributed by atoms with E-state index in [0.29, 0.717) is 17.7 Å². The van der Waals surface area contributed by atoms with Crippen molar-refractivity contribution in [1.29, 1.82) is 0 Å². The summed E-state index contributed by atoms with van der Waals surface area (Å²) in [6.45, 7) is 0.869. The molecular weight excluding hydrogens is 254 g/mol. The molecule has 0 radical (unpaired) electrons. The van der Waals surface area contributed by atoms with Crippen LogP contribution in [0.1, 0.15) is 29.8 Å². The van der Waals surface area contributed by atoms with Gasteiger partial charge in [-0.1, -0.05) is 0 Å². The Morgan fingerprint density at radius 3 is 3.25 bits per heavy atom. The van der Waals surface area contributed by atoms with Crippen molar-refractivity contribution in [1.82, 2.24) is 15.3 Å². The molecule has 1 amide bonds. The lowest BCUT2D eigenvalue weighted by Gasteiger charge is -2.47. The highest BCUT2D eigenvalue weighted by Crippen LogP contribution is 2.37. The van der Waals surface area contributed by atoms with Gasteiger partial charge in [-0.05, 0) is 37.5 Å². The van der Waals surface area contributed by atoms with Gasteiger partial charge < -0.3 is 15.0 Å². The monoisotopic (exact) mass is 271 g/mol. The van der Waals surface area contributed by atoms with Gasteiger partial charge in [0.2, 0.25) is 0 Å². The van der Waals surface area contributed by atoms with E-state index in [-0.39, 0.29) is 11.9 Å². The maximum Gasteiger partial charge on any atom is 0.270 e. The van der Waals surface area contributed by atoms with Crippen LogP contribution in [0.25, 0.3) is 11.0 Å². The van der Waals surface area contributed by atoms with E-state index in [0.717, 1.165) is 36.9 Å². The number of pyridine rings is 1. The van der Waals surface area contributed by atoms with Crippen molar-refractivity contribution in [3.05, 3.63) is 30.1 Å². The Bertz CT molecular complexity index is 651. The van der Waals surface area contributed by atoms with Gasteiger partial charge in [-0.2, -0.15) is 0 Å². The highest BCUT2D eigenvalue weighted by Gasteiger charge is 2.44. The Morgan fingerprint density at radius 1 is 1.40 bits per heavy atom. The molecule has 4 rings (SSSR count). The SMILES string of the molecule is O=C(N[C@@H]1C[C@@H]2OCCC[C@@H]21)c1ccc2[nH]ccc2n1. The summed E-state index contributed by atoms with van der Waals surface area (Å²) in [6, 6.07) is 5.78.